The number of carbonyl (C=O) groups excluding carboxylic acids is 2. The Balaban J connectivity index is 1.66. The van der Waals surface area contributed by atoms with Crippen molar-refractivity contribution in [2.24, 2.45) is 7.05 Å². The van der Waals surface area contributed by atoms with E-state index in [1.807, 2.05) is 31.2 Å². The number of aromatic nitrogens is 3. The van der Waals surface area contributed by atoms with Crippen LogP contribution in [0.3, 0.4) is 0 Å². The summed E-state index contributed by atoms with van der Waals surface area (Å²) in [6.45, 7) is 3.16. The quantitative estimate of drug-likeness (QED) is 0.650. The van der Waals surface area contributed by atoms with Gasteiger partial charge in [-0.25, -0.2) is 4.98 Å². The summed E-state index contributed by atoms with van der Waals surface area (Å²) in [7, 11) is 3.46. The van der Waals surface area contributed by atoms with Crippen LogP contribution in [0.1, 0.15) is 38.2 Å². The average Bonchev–Trinajstić information content (AvgIpc) is 3.15. The third kappa shape index (κ3) is 4.09. The lowest BCUT2D eigenvalue weighted by Gasteiger charge is -2.33. The van der Waals surface area contributed by atoms with E-state index in [1.165, 1.54) is 4.90 Å². The Morgan fingerprint density at radius 1 is 1.28 bits per heavy atom. The number of likely N-dealkylation sites (N-methyl/N-ethyl adjacent to an activating group) is 1. The summed E-state index contributed by atoms with van der Waals surface area (Å²) in [5.74, 6) is -0.294. The van der Waals surface area contributed by atoms with E-state index in [0.29, 0.717) is 42.0 Å². The monoisotopic (exact) mass is 437 g/mol. The number of benzene rings is 1. The van der Waals surface area contributed by atoms with Crippen molar-refractivity contribution in [3.63, 3.8) is 0 Å². The van der Waals surface area contributed by atoms with E-state index in [9.17, 15) is 14.7 Å². The largest absolute Gasteiger partial charge is 0.395 e. The number of aliphatic hydroxyl groups excluding tert-OH is 1. The first kappa shape index (κ1) is 21.9. The number of hydrogen-bond acceptors (Lipinski definition) is 6. The van der Waals surface area contributed by atoms with Gasteiger partial charge < -0.3 is 19.6 Å². The van der Waals surface area contributed by atoms with Crippen molar-refractivity contribution in [3.05, 3.63) is 59.0 Å². The van der Waals surface area contributed by atoms with Gasteiger partial charge in [0.05, 0.1) is 48.3 Å². The van der Waals surface area contributed by atoms with Crippen molar-refractivity contribution < 1.29 is 19.4 Å². The standard InChI is InChI=1S/C23H27N5O4/c1-15-18(13-24-27(15)3)23(31)28-9-11-32-21(14-28)20-12-17(22(30)26(2)8-10-29)16-6-4-5-7-19(16)25-20/h4-7,12-13,21,29H,8-11,14H2,1-3H3/t21-/m0/s1. The fourth-order valence-electron chi connectivity index (χ4n) is 3.89. The van der Waals surface area contributed by atoms with E-state index in [2.05, 4.69) is 5.10 Å². The SMILES string of the molecule is Cc1c(C(=O)N2CCO[C@H](c3cc(C(=O)N(C)CCO)c4ccccc4n3)C2)cnn1C. The molecule has 0 bridgehead atoms. The Kier molecular flexibility index (Phi) is 6.20. The fourth-order valence-corrected chi connectivity index (χ4v) is 3.89. The molecule has 0 spiro atoms. The zero-order chi connectivity index (χ0) is 22.8. The molecule has 9 nitrogen and oxygen atoms in total. The molecule has 1 aliphatic heterocycles. The number of hydrogen-bond donors (Lipinski definition) is 1. The van der Waals surface area contributed by atoms with Crippen LogP contribution < -0.4 is 0 Å². The molecule has 3 aromatic rings. The van der Waals surface area contributed by atoms with E-state index in [1.54, 1.807) is 35.9 Å². The van der Waals surface area contributed by atoms with Crippen LogP contribution in [-0.2, 0) is 11.8 Å². The Hall–Kier alpha value is -3.30. The highest BCUT2D eigenvalue weighted by Crippen LogP contribution is 2.27. The Bertz CT molecular complexity index is 1160. The molecule has 2 aromatic heterocycles. The molecule has 32 heavy (non-hydrogen) atoms. The number of amides is 2. The molecule has 0 radical (unpaired) electrons. The second-order valence-corrected chi connectivity index (χ2v) is 7.94. The molecule has 2 amide bonds. The molecule has 1 fully saturated rings. The number of aliphatic hydroxyl groups is 1. The molecule has 3 heterocycles. The number of ether oxygens (including phenoxy) is 1. The summed E-state index contributed by atoms with van der Waals surface area (Å²) < 4.78 is 7.64. The highest BCUT2D eigenvalue weighted by atomic mass is 16.5. The summed E-state index contributed by atoms with van der Waals surface area (Å²) in [5.41, 5.74) is 3.16. The van der Waals surface area contributed by atoms with Gasteiger partial charge in [-0.3, -0.25) is 14.3 Å². The van der Waals surface area contributed by atoms with E-state index >= 15 is 0 Å². The van der Waals surface area contributed by atoms with Crippen LogP contribution in [0.15, 0.2) is 36.5 Å². The molecule has 0 aliphatic carbocycles. The smallest absolute Gasteiger partial charge is 0.257 e. The van der Waals surface area contributed by atoms with Crippen LogP contribution >= 0.6 is 0 Å². The van der Waals surface area contributed by atoms with Crippen LogP contribution in [0.5, 0.6) is 0 Å². The van der Waals surface area contributed by atoms with Crippen molar-refractivity contribution in [2.75, 3.05) is 39.9 Å². The third-order valence-corrected chi connectivity index (χ3v) is 5.90. The number of morpholine rings is 1. The number of para-hydroxylation sites is 1. The van der Waals surface area contributed by atoms with Gasteiger partial charge in [0.2, 0.25) is 0 Å². The van der Waals surface area contributed by atoms with Crippen LogP contribution in [0.2, 0.25) is 0 Å². The van der Waals surface area contributed by atoms with Crippen LogP contribution in [0.4, 0.5) is 0 Å². The molecule has 1 N–H and O–H groups in total. The van der Waals surface area contributed by atoms with Gasteiger partial charge in [0, 0.05) is 38.3 Å². The van der Waals surface area contributed by atoms with Gasteiger partial charge in [0.1, 0.15) is 6.10 Å². The minimum absolute atomic E-state index is 0.0938. The first-order valence-corrected chi connectivity index (χ1v) is 10.6. The molecule has 0 unspecified atom stereocenters. The second-order valence-electron chi connectivity index (χ2n) is 7.94. The molecule has 1 aromatic carbocycles. The first-order chi connectivity index (χ1) is 15.4. The lowest BCUT2D eigenvalue weighted by molar-refractivity contribution is -0.0246. The maximum absolute atomic E-state index is 13.1. The first-order valence-electron chi connectivity index (χ1n) is 10.6. The molecule has 1 aliphatic rings. The van der Waals surface area contributed by atoms with Gasteiger partial charge in [-0.1, -0.05) is 18.2 Å². The summed E-state index contributed by atoms with van der Waals surface area (Å²) in [4.78, 5) is 34.1. The number of nitrogens with zero attached hydrogens (tertiary/aromatic N) is 5. The molecule has 168 valence electrons. The Labute approximate surface area is 186 Å². The zero-order valence-electron chi connectivity index (χ0n) is 18.5. The zero-order valence-corrected chi connectivity index (χ0v) is 18.5. The van der Waals surface area contributed by atoms with Gasteiger partial charge in [-0.2, -0.15) is 5.10 Å². The molecule has 1 saturated heterocycles. The van der Waals surface area contributed by atoms with Crippen LogP contribution in [0, 0.1) is 6.92 Å². The molecular weight excluding hydrogens is 410 g/mol. The Morgan fingerprint density at radius 2 is 2.06 bits per heavy atom. The third-order valence-electron chi connectivity index (χ3n) is 5.90. The minimum Gasteiger partial charge on any atom is -0.395 e. The highest BCUT2D eigenvalue weighted by Gasteiger charge is 2.30. The highest BCUT2D eigenvalue weighted by molar-refractivity contribution is 6.06. The van der Waals surface area contributed by atoms with E-state index in [-0.39, 0.29) is 25.0 Å². The summed E-state index contributed by atoms with van der Waals surface area (Å²) in [6.07, 6.45) is 1.13. The van der Waals surface area contributed by atoms with Crippen molar-refractivity contribution in [1.82, 2.24) is 24.6 Å². The van der Waals surface area contributed by atoms with Gasteiger partial charge in [0.25, 0.3) is 11.8 Å². The predicted molar refractivity (Wildman–Crippen MR) is 118 cm³/mol. The predicted octanol–water partition coefficient (Wildman–Crippen LogP) is 1.55. The van der Waals surface area contributed by atoms with Gasteiger partial charge in [-0.15, -0.1) is 0 Å². The fraction of sp³-hybridized carbons (Fsp3) is 0.391. The van der Waals surface area contributed by atoms with Crippen LogP contribution in [-0.4, -0.2) is 81.4 Å². The second kappa shape index (κ2) is 9.05. The van der Waals surface area contributed by atoms with Crippen LogP contribution in [0.25, 0.3) is 10.9 Å². The van der Waals surface area contributed by atoms with Crippen molar-refractivity contribution >= 4 is 22.7 Å². The van der Waals surface area contributed by atoms with Crippen molar-refractivity contribution in [1.29, 1.82) is 0 Å². The molecule has 9 heteroatoms. The normalized spacial score (nSPS) is 16.4. The van der Waals surface area contributed by atoms with Gasteiger partial charge >= 0.3 is 0 Å². The average molecular weight is 438 g/mol. The summed E-state index contributed by atoms with van der Waals surface area (Å²) in [5, 5.41) is 14.1. The van der Waals surface area contributed by atoms with E-state index in [4.69, 9.17) is 9.72 Å². The molecule has 0 saturated carbocycles. The molecule has 4 rings (SSSR count). The number of rotatable bonds is 5. The Morgan fingerprint density at radius 3 is 2.78 bits per heavy atom. The van der Waals surface area contributed by atoms with Crippen molar-refractivity contribution in [3.8, 4) is 0 Å². The van der Waals surface area contributed by atoms with E-state index < -0.39 is 6.10 Å². The lowest BCUT2D eigenvalue weighted by Crippen LogP contribution is -2.42. The summed E-state index contributed by atoms with van der Waals surface area (Å²) in [6, 6.07) is 9.18. The van der Waals surface area contributed by atoms with Gasteiger partial charge in [-0.05, 0) is 19.1 Å². The summed E-state index contributed by atoms with van der Waals surface area (Å²) >= 11 is 0. The van der Waals surface area contributed by atoms with Crippen molar-refractivity contribution in [2.45, 2.75) is 13.0 Å². The number of carbonyl (C=O) groups is 2. The lowest BCUT2D eigenvalue weighted by atomic mass is 10.0. The number of fused-ring (bicyclic) bond motifs is 1. The maximum Gasteiger partial charge on any atom is 0.257 e. The van der Waals surface area contributed by atoms with Gasteiger partial charge in [0.15, 0.2) is 0 Å². The molecular formula is C23H27N5O4. The number of pyridine rings is 1. The maximum atomic E-state index is 13.1. The topological polar surface area (TPSA) is 101 Å². The van der Waals surface area contributed by atoms with E-state index in [0.717, 1.165) is 11.1 Å². The molecule has 1 atom stereocenters. The number of aryl methyl sites for hydroxylation is 1. The minimum atomic E-state index is -0.455.